The van der Waals surface area contributed by atoms with E-state index in [2.05, 4.69) is 12.1 Å². The van der Waals surface area contributed by atoms with Crippen molar-refractivity contribution in [1.29, 1.82) is 0 Å². The summed E-state index contributed by atoms with van der Waals surface area (Å²) in [6.45, 7) is 3.28. The fourth-order valence-electron chi connectivity index (χ4n) is 3.47. The molecule has 1 amide bonds. The topological polar surface area (TPSA) is 55.6 Å². The van der Waals surface area contributed by atoms with E-state index in [0.29, 0.717) is 13.2 Å². The average Bonchev–Trinajstić information content (AvgIpc) is 2.94. The highest BCUT2D eigenvalue weighted by Gasteiger charge is 2.37. The second kappa shape index (κ2) is 6.16. The molecular formula is C17H24N2O2. The largest absolute Gasteiger partial charge is 0.374 e. The Labute approximate surface area is 126 Å². The molecule has 0 spiro atoms. The number of hydrogen-bond donors (Lipinski definition) is 1. The number of carbonyl (C=O) groups excluding carboxylic acids is 1. The molecule has 0 radical (unpaired) electrons. The average molecular weight is 288 g/mol. The van der Waals surface area contributed by atoms with Gasteiger partial charge in [0.1, 0.15) is 0 Å². The number of morpholine rings is 1. The van der Waals surface area contributed by atoms with Crippen molar-refractivity contribution in [3.63, 3.8) is 0 Å². The van der Waals surface area contributed by atoms with E-state index in [4.69, 9.17) is 10.5 Å². The van der Waals surface area contributed by atoms with E-state index in [1.54, 1.807) is 0 Å². The van der Waals surface area contributed by atoms with Crippen LogP contribution in [0.4, 0.5) is 0 Å². The van der Waals surface area contributed by atoms with Crippen molar-refractivity contribution < 1.29 is 9.53 Å². The highest BCUT2D eigenvalue weighted by atomic mass is 16.5. The Bertz CT molecular complexity index is 491. The van der Waals surface area contributed by atoms with Crippen molar-refractivity contribution in [2.45, 2.75) is 44.4 Å². The van der Waals surface area contributed by atoms with Crippen molar-refractivity contribution in [1.82, 2.24) is 4.90 Å². The van der Waals surface area contributed by atoms with Gasteiger partial charge in [0.25, 0.3) is 0 Å². The Morgan fingerprint density at radius 3 is 2.71 bits per heavy atom. The van der Waals surface area contributed by atoms with Crippen LogP contribution >= 0.6 is 0 Å². The third kappa shape index (κ3) is 3.11. The minimum atomic E-state index is 0.0340. The summed E-state index contributed by atoms with van der Waals surface area (Å²) in [6, 6.07) is 10.4. The zero-order chi connectivity index (χ0) is 14.8. The van der Waals surface area contributed by atoms with Crippen LogP contribution in [0.2, 0.25) is 0 Å². The monoisotopic (exact) mass is 288 g/mol. The molecule has 1 aromatic carbocycles. The predicted molar refractivity (Wildman–Crippen MR) is 81.6 cm³/mol. The molecule has 2 aliphatic rings. The van der Waals surface area contributed by atoms with Crippen LogP contribution in [-0.2, 0) is 9.53 Å². The molecule has 0 aromatic heterocycles. The van der Waals surface area contributed by atoms with Gasteiger partial charge >= 0.3 is 0 Å². The van der Waals surface area contributed by atoms with E-state index in [1.807, 2.05) is 30.0 Å². The maximum atomic E-state index is 12.9. The summed E-state index contributed by atoms with van der Waals surface area (Å²) in [4.78, 5) is 14.9. The van der Waals surface area contributed by atoms with Crippen molar-refractivity contribution in [2.75, 3.05) is 13.2 Å². The summed E-state index contributed by atoms with van der Waals surface area (Å²) in [6.07, 6.45) is 2.81. The number of hydrogen-bond acceptors (Lipinski definition) is 3. The van der Waals surface area contributed by atoms with Gasteiger partial charge in [0.2, 0.25) is 5.91 Å². The van der Waals surface area contributed by atoms with Crippen LogP contribution in [0.5, 0.6) is 0 Å². The lowest BCUT2D eigenvalue weighted by molar-refractivity contribution is -0.148. The van der Waals surface area contributed by atoms with E-state index >= 15 is 0 Å². The second-order valence-electron chi connectivity index (χ2n) is 6.33. The summed E-state index contributed by atoms with van der Waals surface area (Å²) in [7, 11) is 0. The summed E-state index contributed by atoms with van der Waals surface area (Å²) in [5, 5.41) is 0. The number of benzene rings is 1. The van der Waals surface area contributed by atoms with Gasteiger partial charge in [-0.3, -0.25) is 4.79 Å². The summed E-state index contributed by atoms with van der Waals surface area (Å²) < 4.78 is 5.79. The normalized spacial score (nSPS) is 33.1. The Balaban J connectivity index is 1.80. The molecule has 114 valence electrons. The first-order valence-electron chi connectivity index (χ1n) is 7.87. The predicted octanol–water partition coefficient (Wildman–Crippen LogP) is 2.10. The molecule has 4 atom stereocenters. The molecule has 1 saturated carbocycles. The van der Waals surface area contributed by atoms with Gasteiger partial charge in [-0.15, -0.1) is 0 Å². The first-order valence-corrected chi connectivity index (χ1v) is 7.87. The Morgan fingerprint density at radius 2 is 2.05 bits per heavy atom. The number of carbonyl (C=O) groups is 1. The summed E-state index contributed by atoms with van der Waals surface area (Å²) >= 11 is 0. The Hall–Kier alpha value is -1.39. The molecule has 3 rings (SSSR count). The first kappa shape index (κ1) is 14.5. The van der Waals surface area contributed by atoms with E-state index in [1.165, 1.54) is 0 Å². The van der Waals surface area contributed by atoms with Crippen LogP contribution in [0.1, 0.15) is 37.8 Å². The fourth-order valence-corrected chi connectivity index (χ4v) is 3.47. The maximum absolute atomic E-state index is 12.9. The molecule has 2 N–H and O–H groups in total. The van der Waals surface area contributed by atoms with Crippen molar-refractivity contribution in [2.24, 2.45) is 11.7 Å². The van der Waals surface area contributed by atoms with Crippen molar-refractivity contribution in [3.05, 3.63) is 35.9 Å². The van der Waals surface area contributed by atoms with Crippen LogP contribution in [0.3, 0.4) is 0 Å². The van der Waals surface area contributed by atoms with Crippen LogP contribution in [-0.4, -0.2) is 36.1 Å². The number of rotatable bonds is 2. The van der Waals surface area contributed by atoms with Gasteiger partial charge in [-0.05, 0) is 31.7 Å². The molecule has 0 unspecified atom stereocenters. The number of amides is 1. The Kier molecular flexibility index (Phi) is 4.27. The van der Waals surface area contributed by atoms with Gasteiger partial charge in [-0.1, -0.05) is 30.3 Å². The smallest absolute Gasteiger partial charge is 0.226 e. The van der Waals surface area contributed by atoms with Gasteiger partial charge in [0.05, 0.1) is 18.8 Å². The zero-order valence-electron chi connectivity index (χ0n) is 12.6. The molecule has 21 heavy (non-hydrogen) atoms. The standard InChI is InChI=1S/C17H24N2O2/c1-12-10-19(17(20)14-7-8-15(18)9-14)16(11-21-12)13-5-3-2-4-6-13/h2-6,12,14-16H,7-11,18H2,1H3/t12-,14-,15+,16-/m1/s1. The van der Waals surface area contributed by atoms with Crippen molar-refractivity contribution >= 4 is 5.91 Å². The highest BCUT2D eigenvalue weighted by Crippen LogP contribution is 2.32. The molecule has 0 bridgehead atoms. The number of ether oxygens (including phenoxy) is 1. The SMILES string of the molecule is C[C@@H]1CN(C(=O)[C@@H]2CC[C@H](N)C2)[C@@H](c2ccccc2)CO1. The molecule has 1 heterocycles. The molecule has 4 nitrogen and oxygen atoms in total. The van der Waals surface area contributed by atoms with Crippen LogP contribution in [0.25, 0.3) is 0 Å². The third-order valence-corrected chi connectivity index (χ3v) is 4.66. The van der Waals surface area contributed by atoms with E-state index < -0.39 is 0 Å². The zero-order valence-corrected chi connectivity index (χ0v) is 12.6. The van der Waals surface area contributed by atoms with Gasteiger partial charge < -0.3 is 15.4 Å². The van der Waals surface area contributed by atoms with Gasteiger partial charge in [0.15, 0.2) is 0 Å². The molecule has 1 aromatic rings. The van der Waals surface area contributed by atoms with Gasteiger partial charge in [-0.2, -0.15) is 0 Å². The van der Waals surface area contributed by atoms with Crippen molar-refractivity contribution in [3.8, 4) is 0 Å². The lowest BCUT2D eigenvalue weighted by Crippen LogP contribution is -2.48. The van der Waals surface area contributed by atoms with Crippen LogP contribution < -0.4 is 5.73 Å². The minimum Gasteiger partial charge on any atom is -0.374 e. The molecule has 1 saturated heterocycles. The number of nitrogens with two attached hydrogens (primary N) is 1. The third-order valence-electron chi connectivity index (χ3n) is 4.66. The molecule has 1 aliphatic carbocycles. The van der Waals surface area contributed by atoms with Gasteiger partial charge in [0, 0.05) is 18.5 Å². The summed E-state index contributed by atoms with van der Waals surface area (Å²) in [5.41, 5.74) is 7.12. The molecular weight excluding hydrogens is 264 g/mol. The van der Waals surface area contributed by atoms with E-state index in [-0.39, 0.29) is 30.0 Å². The minimum absolute atomic E-state index is 0.0340. The van der Waals surface area contributed by atoms with Crippen LogP contribution in [0, 0.1) is 5.92 Å². The second-order valence-corrected chi connectivity index (χ2v) is 6.33. The maximum Gasteiger partial charge on any atom is 0.226 e. The van der Waals surface area contributed by atoms with Crippen LogP contribution in [0.15, 0.2) is 30.3 Å². The quantitative estimate of drug-likeness (QED) is 0.906. The molecule has 2 fully saturated rings. The number of nitrogens with zero attached hydrogens (tertiary/aromatic N) is 1. The highest BCUT2D eigenvalue weighted by molar-refractivity contribution is 5.80. The van der Waals surface area contributed by atoms with E-state index in [0.717, 1.165) is 24.8 Å². The lowest BCUT2D eigenvalue weighted by Gasteiger charge is -2.40. The fraction of sp³-hybridized carbons (Fsp3) is 0.588. The molecule has 4 heteroatoms. The van der Waals surface area contributed by atoms with Gasteiger partial charge in [-0.25, -0.2) is 0 Å². The molecule has 1 aliphatic heterocycles. The summed E-state index contributed by atoms with van der Waals surface area (Å²) in [5.74, 6) is 0.350. The lowest BCUT2D eigenvalue weighted by atomic mass is 9.99. The van der Waals surface area contributed by atoms with E-state index in [9.17, 15) is 4.79 Å². The first-order chi connectivity index (χ1) is 10.1. The Morgan fingerprint density at radius 1 is 1.29 bits per heavy atom.